The van der Waals surface area contributed by atoms with Crippen molar-refractivity contribution in [3.8, 4) is 0 Å². The van der Waals surface area contributed by atoms with Gasteiger partial charge in [-0.25, -0.2) is 4.39 Å². The van der Waals surface area contributed by atoms with Crippen molar-refractivity contribution in [1.29, 1.82) is 0 Å². The zero-order valence-corrected chi connectivity index (χ0v) is 10.7. The third kappa shape index (κ3) is 2.59. The van der Waals surface area contributed by atoms with E-state index in [1.807, 2.05) is 36.9 Å². The Hall–Kier alpha value is -1.68. The Morgan fingerprint density at radius 1 is 1.33 bits per heavy atom. The van der Waals surface area contributed by atoms with Crippen LogP contribution in [0.2, 0.25) is 0 Å². The first-order valence-electron chi connectivity index (χ1n) is 6.26. The molecule has 1 unspecified atom stereocenters. The van der Waals surface area contributed by atoms with E-state index < -0.39 is 0 Å². The van der Waals surface area contributed by atoms with Crippen molar-refractivity contribution in [1.82, 2.24) is 15.1 Å². The van der Waals surface area contributed by atoms with Crippen molar-refractivity contribution in [2.45, 2.75) is 26.4 Å². The second-order valence-electron chi connectivity index (χ2n) is 4.14. The van der Waals surface area contributed by atoms with Gasteiger partial charge in [-0.05, 0) is 19.5 Å². The van der Waals surface area contributed by atoms with E-state index in [-0.39, 0.29) is 11.9 Å². The molecule has 2 aromatic rings. The van der Waals surface area contributed by atoms with Gasteiger partial charge in [0.1, 0.15) is 5.82 Å². The first-order chi connectivity index (χ1) is 8.76. The summed E-state index contributed by atoms with van der Waals surface area (Å²) in [5.74, 6) is -0.187. The van der Waals surface area contributed by atoms with Gasteiger partial charge in [-0.15, -0.1) is 0 Å². The Balaban J connectivity index is 2.36. The number of rotatable bonds is 5. The molecule has 0 aliphatic rings. The molecule has 4 heteroatoms. The van der Waals surface area contributed by atoms with E-state index in [9.17, 15) is 4.39 Å². The molecule has 1 atom stereocenters. The van der Waals surface area contributed by atoms with Gasteiger partial charge in [0.15, 0.2) is 0 Å². The summed E-state index contributed by atoms with van der Waals surface area (Å²) in [6, 6.07) is 6.72. The van der Waals surface area contributed by atoms with Crippen molar-refractivity contribution in [2.75, 3.05) is 6.54 Å². The van der Waals surface area contributed by atoms with Gasteiger partial charge in [0, 0.05) is 23.9 Å². The molecule has 3 nitrogen and oxygen atoms in total. The second-order valence-corrected chi connectivity index (χ2v) is 4.14. The van der Waals surface area contributed by atoms with Crippen LogP contribution in [0.1, 0.15) is 31.0 Å². The SMILES string of the molecule is CCNC(c1cnn(CC)c1)c1ccccc1F. The molecule has 1 aromatic carbocycles. The Bertz CT molecular complexity index is 507. The van der Waals surface area contributed by atoms with Gasteiger partial charge in [-0.1, -0.05) is 25.1 Å². The lowest BCUT2D eigenvalue weighted by Gasteiger charge is -2.17. The quantitative estimate of drug-likeness (QED) is 0.880. The molecule has 0 amide bonds. The minimum absolute atomic E-state index is 0.142. The molecule has 1 aromatic heterocycles. The van der Waals surface area contributed by atoms with Gasteiger partial charge in [0.2, 0.25) is 0 Å². The van der Waals surface area contributed by atoms with Gasteiger partial charge in [0.05, 0.1) is 12.2 Å². The zero-order valence-electron chi connectivity index (χ0n) is 10.7. The van der Waals surface area contributed by atoms with Crippen LogP contribution in [0.25, 0.3) is 0 Å². The van der Waals surface area contributed by atoms with E-state index in [1.165, 1.54) is 6.07 Å². The molecule has 1 heterocycles. The molecule has 0 saturated carbocycles. The fraction of sp³-hybridized carbons (Fsp3) is 0.357. The summed E-state index contributed by atoms with van der Waals surface area (Å²) in [7, 11) is 0. The highest BCUT2D eigenvalue weighted by Crippen LogP contribution is 2.23. The summed E-state index contributed by atoms with van der Waals surface area (Å²) >= 11 is 0. The van der Waals surface area contributed by atoms with Crippen LogP contribution in [0.5, 0.6) is 0 Å². The maximum absolute atomic E-state index is 13.9. The van der Waals surface area contributed by atoms with E-state index in [2.05, 4.69) is 10.4 Å². The van der Waals surface area contributed by atoms with Crippen LogP contribution >= 0.6 is 0 Å². The molecular formula is C14H18FN3. The van der Waals surface area contributed by atoms with Crippen molar-refractivity contribution >= 4 is 0 Å². The van der Waals surface area contributed by atoms with E-state index in [1.54, 1.807) is 12.3 Å². The molecule has 0 fully saturated rings. The largest absolute Gasteiger partial charge is 0.306 e. The number of aryl methyl sites for hydroxylation is 1. The Labute approximate surface area is 107 Å². The predicted octanol–water partition coefficient (Wildman–Crippen LogP) is 2.74. The van der Waals surface area contributed by atoms with Gasteiger partial charge in [0.25, 0.3) is 0 Å². The van der Waals surface area contributed by atoms with Gasteiger partial charge >= 0.3 is 0 Å². The minimum atomic E-state index is -0.187. The summed E-state index contributed by atoms with van der Waals surface area (Å²) in [6.45, 7) is 5.63. The number of benzene rings is 1. The lowest BCUT2D eigenvalue weighted by Crippen LogP contribution is -2.22. The van der Waals surface area contributed by atoms with Crippen molar-refractivity contribution < 1.29 is 4.39 Å². The molecule has 96 valence electrons. The molecule has 18 heavy (non-hydrogen) atoms. The summed E-state index contributed by atoms with van der Waals surface area (Å²) in [6.07, 6.45) is 3.75. The standard InChI is InChI=1S/C14H18FN3/c1-3-16-14(11-9-17-18(4-2)10-11)12-7-5-6-8-13(12)15/h5-10,14,16H,3-4H2,1-2H3. The summed E-state index contributed by atoms with van der Waals surface area (Å²) < 4.78 is 15.7. The molecule has 0 bridgehead atoms. The second kappa shape index (κ2) is 5.78. The number of aromatic nitrogens is 2. The van der Waals surface area contributed by atoms with Crippen LogP contribution in [-0.4, -0.2) is 16.3 Å². The predicted molar refractivity (Wildman–Crippen MR) is 69.8 cm³/mol. The molecule has 0 radical (unpaired) electrons. The summed E-state index contributed by atoms with van der Waals surface area (Å²) in [5, 5.41) is 7.55. The van der Waals surface area contributed by atoms with Crippen LogP contribution in [0.15, 0.2) is 36.7 Å². The third-order valence-corrected chi connectivity index (χ3v) is 2.94. The van der Waals surface area contributed by atoms with Crippen molar-refractivity contribution in [3.63, 3.8) is 0 Å². The molecule has 0 aliphatic carbocycles. The highest BCUT2D eigenvalue weighted by atomic mass is 19.1. The first kappa shape index (κ1) is 12.8. The van der Waals surface area contributed by atoms with Gasteiger partial charge in [-0.2, -0.15) is 5.10 Å². The van der Waals surface area contributed by atoms with Crippen LogP contribution in [0, 0.1) is 5.82 Å². The highest BCUT2D eigenvalue weighted by Gasteiger charge is 2.17. The molecule has 1 N–H and O–H groups in total. The Morgan fingerprint density at radius 3 is 2.72 bits per heavy atom. The first-order valence-corrected chi connectivity index (χ1v) is 6.26. The fourth-order valence-corrected chi connectivity index (χ4v) is 2.02. The summed E-state index contributed by atoms with van der Waals surface area (Å²) in [5.41, 5.74) is 1.65. The average molecular weight is 247 g/mol. The van der Waals surface area contributed by atoms with Crippen LogP contribution < -0.4 is 5.32 Å². The highest BCUT2D eigenvalue weighted by molar-refractivity contribution is 5.30. The van der Waals surface area contributed by atoms with Gasteiger partial charge in [-0.3, -0.25) is 4.68 Å². The van der Waals surface area contributed by atoms with E-state index in [0.717, 1.165) is 18.7 Å². The van der Waals surface area contributed by atoms with E-state index in [0.29, 0.717) is 5.56 Å². The molecule has 0 aliphatic heterocycles. The Morgan fingerprint density at radius 2 is 2.11 bits per heavy atom. The normalized spacial score (nSPS) is 12.6. The van der Waals surface area contributed by atoms with Gasteiger partial charge < -0.3 is 5.32 Å². The minimum Gasteiger partial charge on any atom is -0.306 e. The number of hydrogen-bond donors (Lipinski definition) is 1. The summed E-state index contributed by atoms with van der Waals surface area (Å²) in [4.78, 5) is 0. The number of nitrogens with one attached hydrogen (secondary N) is 1. The Kier molecular flexibility index (Phi) is 4.10. The lowest BCUT2D eigenvalue weighted by atomic mass is 10.0. The molecule has 0 spiro atoms. The third-order valence-electron chi connectivity index (χ3n) is 2.94. The maximum Gasteiger partial charge on any atom is 0.128 e. The van der Waals surface area contributed by atoms with E-state index >= 15 is 0 Å². The van der Waals surface area contributed by atoms with Crippen LogP contribution in [0.3, 0.4) is 0 Å². The van der Waals surface area contributed by atoms with Crippen molar-refractivity contribution in [2.24, 2.45) is 0 Å². The van der Waals surface area contributed by atoms with Crippen LogP contribution in [0.4, 0.5) is 4.39 Å². The average Bonchev–Trinajstić information content (AvgIpc) is 2.85. The topological polar surface area (TPSA) is 29.9 Å². The lowest BCUT2D eigenvalue weighted by molar-refractivity contribution is 0.558. The van der Waals surface area contributed by atoms with Crippen molar-refractivity contribution in [3.05, 3.63) is 53.6 Å². The number of hydrogen-bond acceptors (Lipinski definition) is 2. The smallest absolute Gasteiger partial charge is 0.128 e. The number of halogens is 1. The van der Waals surface area contributed by atoms with E-state index in [4.69, 9.17) is 0 Å². The molecule has 2 rings (SSSR count). The zero-order chi connectivity index (χ0) is 13.0. The maximum atomic E-state index is 13.9. The molecule has 0 saturated heterocycles. The molecular weight excluding hydrogens is 229 g/mol. The van der Waals surface area contributed by atoms with Crippen LogP contribution in [-0.2, 0) is 6.54 Å². The number of nitrogens with zero attached hydrogens (tertiary/aromatic N) is 2. The fourth-order valence-electron chi connectivity index (χ4n) is 2.02. The monoisotopic (exact) mass is 247 g/mol.